The summed E-state index contributed by atoms with van der Waals surface area (Å²) in [5.41, 5.74) is 5.18. The summed E-state index contributed by atoms with van der Waals surface area (Å²) >= 11 is -1.15. The quantitative estimate of drug-likeness (QED) is 0.0477. The van der Waals surface area contributed by atoms with Crippen molar-refractivity contribution in [2.75, 3.05) is 72.0 Å². The number of aromatic nitrogens is 3. The molecule has 16 heteroatoms. The molecule has 1 N–H and O–H groups in total. The van der Waals surface area contributed by atoms with Crippen molar-refractivity contribution in [2.24, 2.45) is 7.05 Å². The molecule has 0 aliphatic carbocycles. The number of anilines is 1. The van der Waals surface area contributed by atoms with Crippen molar-refractivity contribution in [2.45, 2.75) is 72.3 Å². The number of piperazine rings is 1. The molecule has 1 amide bonds. The van der Waals surface area contributed by atoms with Gasteiger partial charge in [0.1, 0.15) is 40.9 Å². The van der Waals surface area contributed by atoms with Crippen LogP contribution in [0.15, 0.2) is 84.9 Å². The number of hydrogen-bond donors (Lipinski definition) is 1. The average molecular weight is 936 g/mol. The molecule has 0 spiro atoms. The van der Waals surface area contributed by atoms with E-state index in [1.807, 2.05) is 118 Å². The summed E-state index contributed by atoms with van der Waals surface area (Å²) < 4.78 is 44.3. The van der Waals surface area contributed by atoms with Crippen LogP contribution in [0.2, 0.25) is 0 Å². The van der Waals surface area contributed by atoms with Crippen molar-refractivity contribution in [3.8, 4) is 22.6 Å². The van der Waals surface area contributed by atoms with Gasteiger partial charge in [-0.3, -0.25) is 4.68 Å². The third kappa shape index (κ3) is 11.5. The molecule has 1 aliphatic heterocycles. The zero-order valence-electron chi connectivity index (χ0n) is 40.1. The van der Waals surface area contributed by atoms with E-state index in [4.69, 9.17) is 24.0 Å². The largest absolute Gasteiger partial charge is 0.578 e. The number of rotatable bonds is 19. The van der Waals surface area contributed by atoms with Crippen LogP contribution in [-0.4, -0.2) is 122 Å². The lowest BCUT2D eigenvalue weighted by Crippen LogP contribution is -2.51. The highest BCUT2D eigenvalue weighted by Crippen LogP contribution is 2.39. The number of carbonyl (C=O) groups is 2. The maximum Gasteiger partial charge on any atom is 0.410 e. The number of carbonyl (C=O) groups excluding carboxylic acids is 2. The maximum absolute atomic E-state index is 14.3. The van der Waals surface area contributed by atoms with Gasteiger partial charge in [-0.15, -0.1) is 8.61 Å². The summed E-state index contributed by atoms with van der Waals surface area (Å²) in [5, 5.41) is 18.6. The third-order valence-corrected chi connectivity index (χ3v) is 13.3. The number of amides is 1. The zero-order valence-corrected chi connectivity index (χ0v) is 40.9. The molecule has 1 saturated heterocycles. The zero-order chi connectivity index (χ0) is 47.8. The molecule has 67 heavy (non-hydrogen) atoms. The molecule has 4 aromatic carbocycles. The molecule has 0 saturated carbocycles. The number of nitrogens with zero attached hydrogens (tertiary/aromatic N) is 7. The number of para-hydroxylation sites is 1. The standard InChI is InChI=1S/C51H65N7O8S/c1-9-63-49(60)48-41(21-14-33-64-45-22-12-17-36-16-10-11-18-39(36)45)40-19-13-20-42(47(40)58(48)28-15-27-54(7)50(61)66-51(2,3)4)46-43(34-59)52-55(8)44(46)35-65-38-25-23-37(24-26-38)56-29-31-57(32-30-56)67(62)53(5)6/h10-13,16-20,22-26,59H,9,14-15,21,27-35H2,1-8H3. The first-order chi connectivity index (χ1) is 32.2. The predicted molar refractivity (Wildman–Crippen MR) is 264 cm³/mol. The molecule has 1 unspecified atom stereocenters. The van der Waals surface area contributed by atoms with Gasteiger partial charge >= 0.3 is 12.1 Å². The number of benzene rings is 4. The predicted octanol–water partition coefficient (Wildman–Crippen LogP) is 7.97. The first kappa shape index (κ1) is 49.1. The molecule has 0 radical (unpaired) electrons. The van der Waals surface area contributed by atoms with Crippen LogP contribution in [0.25, 0.3) is 32.8 Å². The second kappa shape index (κ2) is 21.9. The second-order valence-corrected chi connectivity index (χ2v) is 19.6. The minimum absolute atomic E-state index is 0.147. The van der Waals surface area contributed by atoms with Crippen molar-refractivity contribution in [1.82, 2.24) is 27.9 Å². The van der Waals surface area contributed by atoms with Gasteiger partial charge in [0.25, 0.3) is 0 Å². The van der Waals surface area contributed by atoms with Gasteiger partial charge in [0, 0.05) is 82.0 Å². The van der Waals surface area contributed by atoms with Crippen molar-refractivity contribution >= 4 is 51.0 Å². The number of aryl methyl sites for hydroxylation is 3. The monoisotopic (exact) mass is 935 g/mol. The van der Waals surface area contributed by atoms with Crippen molar-refractivity contribution in [3.05, 3.63) is 108 Å². The Morgan fingerprint density at radius 1 is 0.881 bits per heavy atom. The molecule has 15 nitrogen and oxygen atoms in total. The van der Waals surface area contributed by atoms with Crippen LogP contribution in [0, 0.1) is 0 Å². The van der Waals surface area contributed by atoms with E-state index in [1.54, 1.807) is 27.9 Å². The first-order valence-electron chi connectivity index (χ1n) is 23.0. The van der Waals surface area contributed by atoms with Crippen LogP contribution < -0.4 is 14.4 Å². The van der Waals surface area contributed by atoms with E-state index in [2.05, 4.69) is 23.1 Å². The van der Waals surface area contributed by atoms with Crippen LogP contribution in [0.1, 0.15) is 68.0 Å². The molecule has 2 aromatic heterocycles. The summed E-state index contributed by atoms with van der Waals surface area (Å²) in [6.45, 7) is 11.4. The topological polar surface area (TPSA) is 150 Å². The number of esters is 1. The van der Waals surface area contributed by atoms with E-state index in [9.17, 15) is 19.2 Å². The van der Waals surface area contributed by atoms with Gasteiger partial charge in [0.2, 0.25) is 0 Å². The van der Waals surface area contributed by atoms with Crippen LogP contribution >= 0.6 is 0 Å². The Hall–Kier alpha value is -5.78. The lowest BCUT2D eigenvalue weighted by atomic mass is 9.98. The van der Waals surface area contributed by atoms with E-state index >= 15 is 0 Å². The maximum atomic E-state index is 14.3. The minimum Gasteiger partial charge on any atom is -0.578 e. The van der Waals surface area contributed by atoms with Crippen molar-refractivity contribution < 1.29 is 38.2 Å². The SMILES string of the molecule is CCOC(=O)c1c(CCCOc2cccc3ccccc23)c2cccc(-c3c(CO)nn(C)c3COc3ccc(N4CCN([S+]([O-])N(C)C)CC4)cc3)c2n1CCCN(C)C(=O)OC(C)(C)C. The summed E-state index contributed by atoms with van der Waals surface area (Å²) in [4.78, 5) is 31.1. The fraction of sp³-hybridized carbons (Fsp3) is 0.431. The lowest BCUT2D eigenvalue weighted by molar-refractivity contribution is 0.0294. The molecule has 1 fully saturated rings. The first-order valence-corrected chi connectivity index (χ1v) is 24.1. The highest BCUT2D eigenvalue weighted by Gasteiger charge is 2.30. The third-order valence-electron chi connectivity index (χ3n) is 11.8. The Kier molecular flexibility index (Phi) is 16.1. The highest BCUT2D eigenvalue weighted by molar-refractivity contribution is 7.86. The molecular weight excluding hydrogens is 871 g/mol. The number of aliphatic hydroxyl groups is 1. The molecule has 6 aromatic rings. The van der Waals surface area contributed by atoms with E-state index in [0.29, 0.717) is 74.7 Å². The van der Waals surface area contributed by atoms with Gasteiger partial charge in [-0.2, -0.15) is 5.10 Å². The molecule has 7 rings (SSSR count). The minimum atomic E-state index is -1.15. The van der Waals surface area contributed by atoms with Crippen LogP contribution in [-0.2, 0) is 54.2 Å². The van der Waals surface area contributed by atoms with Gasteiger partial charge in [-0.1, -0.05) is 54.6 Å². The molecular formula is C51H65N7O8S. The fourth-order valence-corrected chi connectivity index (χ4v) is 9.62. The van der Waals surface area contributed by atoms with Crippen molar-refractivity contribution in [1.29, 1.82) is 0 Å². The lowest BCUT2D eigenvalue weighted by Gasteiger charge is -2.36. The molecule has 3 heterocycles. The molecule has 1 aliphatic rings. The summed E-state index contributed by atoms with van der Waals surface area (Å²) in [6, 6.07) is 28.1. The van der Waals surface area contributed by atoms with Gasteiger partial charge in [-0.05, 0) is 88.2 Å². The van der Waals surface area contributed by atoms with Crippen molar-refractivity contribution in [3.63, 3.8) is 0 Å². The van der Waals surface area contributed by atoms with Gasteiger partial charge < -0.3 is 43.0 Å². The van der Waals surface area contributed by atoms with Gasteiger partial charge in [0.15, 0.2) is 0 Å². The van der Waals surface area contributed by atoms with E-state index < -0.39 is 29.2 Å². The van der Waals surface area contributed by atoms with E-state index in [0.717, 1.165) is 63.0 Å². The molecule has 1 atom stereocenters. The molecule has 358 valence electrons. The summed E-state index contributed by atoms with van der Waals surface area (Å²) in [6.07, 6.45) is 1.20. The average Bonchev–Trinajstić information content (AvgIpc) is 3.81. The van der Waals surface area contributed by atoms with Crippen LogP contribution in [0.5, 0.6) is 11.5 Å². The Balaban J connectivity index is 1.21. The number of aliphatic hydroxyl groups excluding tert-OH is 1. The molecule has 0 bridgehead atoms. The smallest absolute Gasteiger partial charge is 0.410 e. The Morgan fingerprint density at radius 2 is 1.58 bits per heavy atom. The van der Waals surface area contributed by atoms with E-state index in [-0.39, 0.29) is 19.8 Å². The summed E-state index contributed by atoms with van der Waals surface area (Å²) in [5.74, 6) is 1.03. The summed E-state index contributed by atoms with van der Waals surface area (Å²) in [7, 11) is 7.19. The van der Waals surface area contributed by atoms with Crippen LogP contribution in [0.4, 0.5) is 10.5 Å². The normalized spacial score (nSPS) is 13.9. The fourth-order valence-electron chi connectivity index (χ4n) is 8.69. The van der Waals surface area contributed by atoms with Gasteiger partial charge in [0.05, 0.1) is 49.8 Å². The number of fused-ring (bicyclic) bond motifs is 2. The Morgan fingerprint density at radius 3 is 2.28 bits per heavy atom. The Bertz CT molecular complexity index is 2630. The Labute approximate surface area is 397 Å². The highest BCUT2D eigenvalue weighted by atomic mass is 32.2. The number of hydrogen-bond acceptors (Lipinski definition) is 12. The number of ether oxygens (including phenoxy) is 4. The van der Waals surface area contributed by atoms with E-state index in [1.165, 1.54) is 0 Å². The second-order valence-electron chi connectivity index (χ2n) is 17.9. The van der Waals surface area contributed by atoms with Gasteiger partial charge in [-0.25, -0.2) is 9.59 Å². The van der Waals surface area contributed by atoms with Crippen LogP contribution in [0.3, 0.4) is 0 Å².